The van der Waals surface area contributed by atoms with Gasteiger partial charge in [-0.2, -0.15) is 0 Å². The molecule has 0 spiro atoms. The van der Waals surface area contributed by atoms with E-state index in [0.29, 0.717) is 0 Å². The largest absolute Gasteiger partial charge is 0.458 e. The van der Waals surface area contributed by atoms with E-state index in [1.54, 1.807) is 0 Å². The molecule has 0 amide bonds. The Balaban J connectivity index is 1.68. The van der Waals surface area contributed by atoms with Crippen molar-refractivity contribution >= 4 is 23.1 Å². The molecule has 0 radical (unpaired) electrons. The Morgan fingerprint density at radius 1 is 0.649 bits per heavy atom. The van der Waals surface area contributed by atoms with Crippen LogP contribution in [0.4, 0.5) is 0 Å². The summed E-state index contributed by atoms with van der Waals surface area (Å²) in [5, 5.41) is 0. The average Bonchev–Trinajstić information content (AvgIpc) is 2.79. The number of benzene rings is 3. The van der Waals surface area contributed by atoms with Crippen LogP contribution in [-0.4, -0.2) is 6.71 Å². The van der Waals surface area contributed by atoms with Gasteiger partial charge in [0.1, 0.15) is 23.0 Å². The third-order valence-electron chi connectivity index (χ3n) is 9.16. The second-order valence-corrected chi connectivity index (χ2v) is 15.0. The highest BCUT2D eigenvalue weighted by Crippen LogP contribution is 2.52. The van der Waals surface area contributed by atoms with Gasteiger partial charge in [-0.3, -0.25) is 0 Å². The van der Waals surface area contributed by atoms with Crippen molar-refractivity contribution in [1.29, 1.82) is 0 Å². The fourth-order valence-corrected chi connectivity index (χ4v) is 6.57. The van der Waals surface area contributed by atoms with Crippen LogP contribution >= 0.6 is 0 Å². The van der Waals surface area contributed by atoms with Gasteiger partial charge in [0, 0.05) is 11.0 Å². The first-order chi connectivity index (χ1) is 17.1. The number of fused-ring (bicyclic) bond motifs is 6. The Hall–Kier alpha value is -2.68. The molecule has 0 fully saturated rings. The zero-order chi connectivity index (χ0) is 26.7. The molecule has 0 N–H and O–H groups in total. The first-order valence-electron chi connectivity index (χ1n) is 13.9. The lowest BCUT2D eigenvalue weighted by Gasteiger charge is -2.45. The van der Waals surface area contributed by atoms with E-state index >= 15 is 0 Å². The molecule has 1 aliphatic carbocycles. The molecule has 3 aromatic rings. The van der Waals surface area contributed by atoms with Crippen molar-refractivity contribution in [2.75, 3.05) is 0 Å². The zero-order valence-electron chi connectivity index (χ0n) is 24.3. The Morgan fingerprint density at radius 3 is 1.70 bits per heavy atom. The third-order valence-corrected chi connectivity index (χ3v) is 9.16. The molecule has 0 atom stereocenters. The predicted octanol–water partition coefficient (Wildman–Crippen LogP) is 7.36. The molecule has 2 nitrogen and oxygen atoms in total. The minimum Gasteiger partial charge on any atom is -0.458 e. The summed E-state index contributed by atoms with van der Waals surface area (Å²) in [4.78, 5) is 0. The van der Waals surface area contributed by atoms with Gasteiger partial charge in [0.25, 0.3) is 6.71 Å². The van der Waals surface area contributed by atoms with Crippen LogP contribution in [0, 0.1) is 0 Å². The van der Waals surface area contributed by atoms with Gasteiger partial charge in [0.2, 0.25) is 0 Å². The van der Waals surface area contributed by atoms with E-state index in [1.807, 2.05) is 0 Å². The van der Waals surface area contributed by atoms with Crippen molar-refractivity contribution < 1.29 is 9.47 Å². The van der Waals surface area contributed by atoms with Gasteiger partial charge in [-0.15, -0.1) is 0 Å². The standard InChI is InChI=1S/C34H41BO2/c1-31(2,3)20-11-13-23-25(17-20)36-27-19-22-28(34(9,10)16-15-33(22,7)8)30-29(27)35(23)24-14-12-21(32(4,5)6)18-26(24)37-30/h11-14,17-19H,15-16H2,1-10H3. The summed E-state index contributed by atoms with van der Waals surface area (Å²) in [5.41, 5.74) is 9.24. The molecule has 3 aromatic carbocycles. The minimum atomic E-state index is 0.0370. The molecule has 0 unspecified atom stereocenters. The van der Waals surface area contributed by atoms with Crippen LogP contribution in [0.1, 0.15) is 104 Å². The highest BCUT2D eigenvalue weighted by Gasteiger charge is 2.47. The van der Waals surface area contributed by atoms with E-state index in [-0.39, 0.29) is 28.4 Å². The van der Waals surface area contributed by atoms with Crippen LogP contribution < -0.4 is 25.9 Å². The highest BCUT2D eigenvalue weighted by atomic mass is 16.5. The lowest BCUT2D eigenvalue weighted by atomic mass is 9.34. The van der Waals surface area contributed by atoms with E-state index < -0.39 is 0 Å². The van der Waals surface area contributed by atoms with Crippen molar-refractivity contribution in [1.82, 2.24) is 0 Å². The molecule has 0 saturated carbocycles. The van der Waals surface area contributed by atoms with Gasteiger partial charge in [-0.25, -0.2) is 0 Å². The van der Waals surface area contributed by atoms with Crippen molar-refractivity contribution in [2.24, 2.45) is 0 Å². The monoisotopic (exact) mass is 492 g/mol. The quantitative estimate of drug-likeness (QED) is 0.210. The molecular weight excluding hydrogens is 451 g/mol. The maximum atomic E-state index is 7.00. The summed E-state index contributed by atoms with van der Waals surface area (Å²) in [6, 6.07) is 16.1. The SMILES string of the molecule is CC(C)(C)c1ccc2c(c1)Oc1cc3c(c4c1B2c1ccc(C(C)(C)C)cc1O4)C(C)(C)CCC3(C)C. The number of rotatable bonds is 0. The molecule has 6 rings (SSSR count). The molecule has 0 aromatic heterocycles. The summed E-state index contributed by atoms with van der Waals surface area (Å²) < 4.78 is 13.8. The third kappa shape index (κ3) is 3.68. The van der Waals surface area contributed by atoms with Gasteiger partial charge in [-0.05, 0) is 80.3 Å². The molecule has 0 saturated heterocycles. The van der Waals surface area contributed by atoms with Gasteiger partial charge in [0.05, 0.1) is 0 Å². The van der Waals surface area contributed by atoms with Crippen molar-refractivity contribution in [3.05, 3.63) is 64.7 Å². The molecule has 3 aliphatic rings. The molecule has 192 valence electrons. The van der Waals surface area contributed by atoms with Crippen LogP contribution in [-0.2, 0) is 21.7 Å². The Morgan fingerprint density at radius 2 is 1.16 bits per heavy atom. The number of ether oxygens (including phenoxy) is 2. The van der Waals surface area contributed by atoms with Crippen LogP contribution in [0.2, 0.25) is 0 Å². The molecule has 0 bridgehead atoms. The Labute approximate surface area is 223 Å². The van der Waals surface area contributed by atoms with E-state index in [1.165, 1.54) is 38.6 Å². The molecule has 2 aliphatic heterocycles. The topological polar surface area (TPSA) is 18.5 Å². The van der Waals surface area contributed by atoms with Crippen LogP contribution in [0.3, 0.4) is 0 Å². The first kappa shape index (κ1) is 24.6. The average molecular weight is 493 g/mol. The van der Waals surface area contributed by atoms with Gasteiger partial charge >= 0.3 is 0 Å². The molecular formula is C34H41BO2. The minimum absolute atomic E-state index is 0.0370. The fourth-order valence-electron chi connectivity index (χ4n) is 6.57. The second kappa shape index (κ2) is 7.46. The summed E-state index contributed by atoms with van der Waals surface area (Å²) in [5.74, 6) is 3.99. The molecule has 2 heterocycles. The van der Waals surface area contributed by atoms with Crippen molar-refractivity contribution in [3.8, 4) is 23.0 Å². The van der Waals surface area contributed by atoms with Gasteiger partial charge < -0.3 is 9.47 Å². The van der Waals surface area contributed by atoms with Crippen LogP contribution in [0.25, 0.3) is 0 Å². The fraction of sp³-hybridized carbons (Fsp3) is 0.471. The predicted molar refractivity (Wildman–Crippen MR) is 157 cm³/mol. The van der Waals surface area contributed by atoms with Crippen LogP contribution in [0.5, 0.6) is 23.0 Å². The summed E-state index contributed by atoms with van der Waals surface area (Å²) in [6.45, 7) is 23.2. The maximum Gasteiger partial charge on any atom is 0.260 e. The lowest BCUT2D eigenvalue weighted by molar-refractivity contribution is 0.318. The number of hydrogen-bond acceptors (Lipinski definition) is 2. The smallest absolute Gasteiger partial charge is 0.260 e. The summed E-state index contributed by atoms with van der Waals surface area (Å²) >= 11 is 0. The Bertz CT molecular complexity index is 1440. The van der Waals surface area contributed by atoms with E-state index in [2.05, 4.69) is 112 Å². The van der Waals surface area contributed by atoms with E-state index in [4.69, 9.17) is 9.47 Å². The Kier molecular flexibility index (Phi) is 4.97. The lowest BCUT2D eigenvalue weighted by Crippen LogP contribution is -2.58. The summed E-state index contributed by atoms with van der Waals surface area (Å²) in [7, 11) is 0. The molecule has 37 heavy (non-hydrogen) atoms. The zero-order valence-corrected chi connectivity index (χ0v) is 24.3. The van der Waals surface area contributed by atoms with Crippen LogP contribution in [0.15, 0.2) is 42.5 Å². The van der Waals surface area contributed by atoms with Crippen molar-refractivity contribution in [3.63, 3.8) is 0 Å². The molecule has 3 heteroatoms. The van der Waals surface area contributed by atoms with E-state index in [0.717, 1.165) is 35.8 Å². The van der Waals surface area contributed by atoms with Gasteiger partial charge in [0.15, 0.2) is 0 Å². The highest BCUT2D eigenvalue weighted by molar-refractivity contribution is 6.98. The number of hydrogen-bond donors (Lipinski definition) is 0. The van der Waals surface area contributed by atoms with E-state index in [9.17, 15) is 0 Å². The summed E-state index contributed by atoms with van der Waals surface area (Å²) in [6.07, 6.45) is 2.30. The second-order valence-electron chi connectivity index (χ2n) is 15.0. The van der Waals surface area contributed by atoms with Crippen molar-refractivity contribution in [2.45, 2.75) is 104 Å². The first-order valence-corrected chi connectivity index (χ1v) is 13.9. The van der Waals surface area contributed by atoms with Gasteiger partial charge in [-0.1, -0.05) is 93.5 Å². The maximum absolute atomic E-state index is 7.00. The normalized spacial score (nSPS) is 18.6.